The van der Waals surface area contributed by atoms with Crippen molar-refractivity contribution < 1.29 is 14.2 Å². The zero-order chi connectivity index (χ0) is 19.5. The van der Waals surface area contributed by atoms with E-state index in [4.69, 9.17) is 19.9 Å². The molecule has 0 amide bonds. The molecule has 8 nitrogen and oxygen atoms in total. The van der Waals surface area contributed by atoms with Crippen LogP contribution in [-0.4, -0.2) is 68.9 Å². The number of hydrogen-bond donors (Lipinski definition) is 2. The Kier molecular flexibility index (Phi) is 8.76. The minimum Gasteiger partial charge on any atom is -0.476 e. The first-order valence-electron chi connectivity index (χ1n) is 8.97. The molecule has 0 aliphatic rings. The molecule has 0 fully saturated rings. The van der Waals surface area contributed by atoms with Gasteiger partial charge >= 0.3 is 6.01 Å². The van der Waals surface area contributed by atoms with Crippen LogP contribution in [0.25, 0.3) is 0 Å². The molecule has 0 unspecified atom stereocenters. The van der Waals surface area contributed by atoms with Crippen molar-refractivity contribution in [1.82, 2.24) is 14.9 Å². The highest BCUT2D eigenvalue weighted by atomic mass is 16.5. The lowest BCUT2D eigenvalue weighted by Gasteiger charge is -2.13. The number of likely N-dealkylation sites (N-methyl/N-ethyl adjacent to an activating group) is 1. The van der Waals surface area contributed by atoms with Gasteiger partial charge in [-0.15, -0.1) is 0 Å². The SMILES string of the molecule is COCCNc1cc(OCCN(C)C)nc(Oc2ccc(CCN)cc2)n1. The largest absolute Gasteiger partial charge is 0.476 e. The Bertz CT molecular complexity index is 680. The Morgan fingerprint density at radius 3 is 2.56 bits per heavy atom. The predicted octanol–water partition coefficient (Wildman–Crippen LogP) is 1.77. The maximum absolute atomic E-state index is 5.81. The molecule has 0 bridgehead atoms. The van der Waals surface area contributed by atoms with Crippen LogP contribution in [0.4, 0.5) is 5.82 Å². The highest BCUT2D eigenvalue weighted by Crippen LogP contribution is 2.23. The Labute approximate surface area is 160 Å². The van der Waals surface area contributed by atoms with Gasteiger partial charge in [0.05, 0.1) is 6.61 Å². The van der Waals surface area contributed by atoms with Crippen LogP contribution in [0.3, 0.4) is 0 Å². The lowest BCUT2D eigenvalue weighted by Crippen LogP contribution is -2.20. The number of benzene rings is 1. The first-order valence-corrected chi connectivity index (χ1v) is 8.97. The summed E-state index contributed by atoms with van der Waals surface area (Å²) in [6.45, 7) is 3.12. The number of nitrogens with two attached hydrogens (primary N) is 1. The topological polar surface area (TPSA) is 94.8 Å². The molecule has 27 heavy (non-hydrogen) atoms. The minimum absolute atomic E-state index is 0.226. The summed E-state index contributed by atoms with van der Waals surface area (Å²) in [5.74, 6) is 1.74. The van der Waals surface area contributed by atoms with Gasteiger partial charge in [0.25, 0.3) is 0 Å². The summed E-state index contributed by atoms with van der Waals surface area (Å²) in [6.07, 6.45) is 0.833. The summed E-state index contributed by atoms with van der Waals surface area (Å²) < 4.78 is 16.6. The zero-order valence-corrected chi connectivity index (χ0v) is 16.3. The minimum atomic E-state index is 0.226. The smallest absolute Gasteiger partial charge is 0.327 e. The van der Waals surface area contributed by atoms with Gasteiger partial charge in [-0.05, 0) is 44.8 Å². The fraction of sp³-hybridized carbons (Fsp3) is 0.474. The maximum Gasteiger partial charge on any atom is 0.327 e. The summed E-state index contributed by atoms with van der Waals surface area (Å²) in [6, 6.07) is 9.71. The van der Waals surface area contributed by atoms with Crippen molar-refractivity contribution in [3.8, 4) is 17.6 Å². The van der Waals surface area contributed by atoms with E-state index in [2.05, 4.69) is 15.3 Å². The molecule has 0 aliphatic heterocycles. The summed E-state index contributed by atoms with van der Waals surface area (Å²) >= 11 is 0. The van der Waals surface area contributed by atoms with E-state index in [0.717, 1.165) is 18.5 Å². The molecule has 0 atom stereocenters. The van der Waals surface area contributed by atoms with E-state index < -0.39 is 0 Å². The summed E-state index contributed by atoms with van der Waals surface area (Å²) in [5, 5.41) is 3.18. The van der Waals surface area contributed by atoms with Gasteiger partial charge in [-0.1, -0.05) is 12.1 Å². The molecule has 2 aromatic rings. The molecule has 3 N–H and O–H groups in total. The van der Waals surface area contributed by atoms with Crippen molar-refractivity contribution >= 4 is 5.82 Å². The highest BCUT2D eigenvalue weighted by molar-refractivity contribution is 5.40. The lowest BCUT2D eigenvalue weighted by atomic mass is 10.1. The Morgan fingerprint density at radius 1 is 1.11 bits per heavy atom. The molecular formula is C19H29N5O3. The molecule has 0 saturated carbocycles. The van der Waals surface area contributed by atoms with Gasteiger partial charge in [0, 0.05) is 26.3 Å². The maximum atomic E-state index is 5.81. The lowest BCUT2D eigenvalue weighted by molar-refractivity contribution is 0.210. The van der Waals surface area contributed by atoms with Crippen LogP contribution >= 0.6 is 0 Å². The second-order valence-corrected chi connectivity index (χ2v) is 6.23. The second kappa shape index (κ2) is 11.3. The number of ether oxygens (including phenoxy) is 3. The summed E-state index contributed by atoms with van der Waals surface area (Å²) in [4.78, 5) is 10.8. The quantitative estimate of drug-likeness (QED) is 0.542. The molecule has 2 rings (SSSR count). The molecule has 148 valence electrons. The Hall–Kier alpha value is -2.42. The van der Waals surface area contributed by atoms with Gasteiger partial charge < -0.3 is 30.2 Å². The van der Waals surface area contributed by atoms with Gasteiger partial charge in [0.15, 0.2) is 0 Å². The summed E-state index contributed by atoms with van der Waals surface area (Å²) in [7, 11) is 5.63. The first kappa shape index (κ1) is 20.9. The van der Waals surface area contributed by atoms with Crippen LogP contribution in [0.2, 0.25) is 0 Å². The third-order valence-corrected chi connectivity index (χ3v) is 3.65. The number of methoxy groups -OCH3 is 1. The van der Waals surface area contributed by atoms with Crippen molar-refractivity contribution in [2.24, 2.45) is 5.73 Å². The van der Waals surface area contributed by atoms with E-state index >= 15 is 0 Å². The Morgan fingerprint density at radius 2 is 1.89 bits per heavy atom. The van der Waals surface area contributed by atoms with Crippen LogP contribution in [0.1, 0.15) is 5.56 Å². The molecule has 0 saturated heterocycles. The van der Waals surface area contributed by atoms with Gasteiger partial charge in [0.1, 0.15) is 18.2 Å². The van der Waals surface area contributed by atoms with Crippen LogP contribution in [0.5, 0.6) is 17.6 Å². The monoisotopic (exact) mass is 375 g/mol. The van der Waals surface area contributed by atoms with Crippen LogP contribution in [0, 0.1) is 0 Å². The van der Waals surface area contributed by atoms with E-state index in [1.165, 1.54) is 0 Å². The average molecular weight is 375 g/mol. The predicted molar refractivity (Wildman–Crippen MR) is 106 cm³/mol. The van der Waals surface area contributed by atoms with Crippen molar-refractivity contribution in [3.05, 3.63) is 35.9 Å². The molecule has 1 heterocycles. The van der Waals surface area contributed by atoms with Crippen LogP contribution < -0.4 is 20.5 Å². The van der Waals surface area contributed by atoms with Gasteiger partial charge in [0.2, 0.25) is 5.88 Å². The second-order valence-electron chi connectivity index (χ2n) is 6.23. The third kappa shape index (κ3) is 7.78. The van der Waals surface area contributed by atoms with Crippen LogP contribution in [-0.2, 0) is 11.2 Å². The van der Waals surface area contributed by atoms with Crippen molar-refractivity contribution in [2.75, 3.05) is 59.4 Å². The molecule has 0 spiro atoms. The fourth-order valence-corrected chi connectivity index (χ4v) is 2.22. The number of aromatic nitrogens is 2. The van der Waals surface area contributed by atoms with E-state index in [-0.39, 0.29) is 6.01 Å². The normalized spacial score (nSPS) is 10.9. The summed E-state index contributed by atoms with van der Waals surface area (Å²) in [5.41, 5.74) is 6.74. The van der Waals surface area contributed by atoms with Gasteiger partial charge in [-0.3, -0.25) is 0 Å². The zero-order valence-electron chi connectivity index (χ0n) is 16.3. The van der Waals surface area contributed by atoms with E-state index in [0.29, 0.717) is 43.8 Å². The standard InChI is InChI=1S/C19H29N5O3/c1-24(2)11-13-26-18-14-17(21-10-12-25-3)22-19(23-18)27-16-6-4-15(5-7-16)8-9-20/h4-7,14H,8-13,20H2,1-3H3,(H,21,22,23). The van der Waals surface area contributed by atoms with E-state index in [1.54, 1.807) is 13.2 Å². The number of hydrogen-bond acceptors (Lipinski definition) is 8. The number of anilines is 1. The van der Waals surface area contributed by atoms with E-state index in [9.17, 15) is 0 Å². The molecule has 0 radical (unpaired) electrons. The van der Waals surface area contributed by atoms with Crippen molar-refractivity contribution in [2.45, 2.75) is 6.42 Å². The van der Waals surface area contributed by atoms with Crippen molar-refractivity contribution in [3.63, 3.8) is 0 Å². The van der Waals surface area contributed by atoms with Gasteiger partial charge in [-0.2, -0.15) is 9.97 Å². The first-order chi connectivity index (χ1) is 13.1. The third-order valence-electron chi connectivity index (χ3n) is 3.65. The van der Waals surface area contributed by atoms with Crippen LogP contribution in [0.15, 0.2) is 30.3 Å². The highest BCUT2D eigenvalue weighted by Gasteiger charge is 2.09. The fourth-order valence-electron chi connectivity index (χ4n) is 2.22. The molecule has 1 aromatic carbocycles. The Balaban J connectivity index is 2.10. The number of nitrogens with zero attached hydrogens (tertiary/aromatic N) is 3. The molecule has 1 aromatic heterocycles. The number of nitrogens with one attached hydrogen (secondary N) is 1. The van der Waals surface area contributed by atoms with E-state index in [1.807, 2.05) is 43.3 Å². The molecule has 8 heteroatoms. The van der Waals surface area contributed by atoms with Crippen molar-refractivity contribution in [1.29, 1.82) is 0 Å². The van der Waals surface area contributed by atoms with Gasteiger partial charge in [-0.25, -0.2) is 0 Å². The average Bonchev–Trinajstić information content (AvgIpc) is 2.63. The molecular weight excluding hydrogens is 346 g/mol. The number of rotatable bonds is 12. The molecule has 0 aliphatic carbocycles.